The quantitative estimate of drug-likeness (QED) is 0.838. The molecule has 1 aromatic carbocycles. The lowest BCUT2D eigenvalue weighted by Crippen LogP contribution is -2.24. The van der Waals surface area contributed by atoms with Gasteiger partial charge in [0.1, 0.15) is 0 Å². The zero-order valence-electron chi connectivity index (χ0n) is 11.6. The van der Waals surface area contributed by atoms with Crippen LogP contribution >= 0.6 is 0 Å². The van der Waals surface area contributed by atoms with Gasteiger partial charge in [0.25, 0.3) is 5.91 Å². The third-order valence-electron chi connectivity index (χ3n) is 4.26. The van der Waals surface area contributed by atoms with Crippen LogP contribution in [0.15, 0.2) is 18.2 Å². The Labute approximate surface area is 118 Å². The van der Waals surface area contributed by atoms with Crippen molar-refractivity contribution in [3.05, 3.63) is 34.9 Å². The summed E-state index contributed by atoms with van der Waals surface area (Å²) < 4.78 is 5.46. The third kappa shape index (κ3) is 2.36. The predicted octanol–water partition coefficient (Wildman–Crippen LogP) is 1.97. The Balaban J connectivity index is 1.91. The number of carbonyl (C=O) groups is 2. The molecule has 4 heteroatoms. The van der Waals surface area contributed by atoms with Crippen LogP contribution in [-0.2, 0) is 11.2 Å². The van der Waals surface area contributed by atoms with Crippen LogP contribution in [0.3, 0.4) is 0 Å². The summed E-state index contributed by atoms with van der Waals surface area (Å²) in [7, 11) is 0. The van der Waals surface area contributed by atoms with E-state index in [2.05, 4.69) is 5.32 Å². The molecule has 0 aromatic heterocycles. The lowest BCUT2D eigenvalue weighted by molar-refractivity contribution is 0.0764. The molecule has 0 aliphatic carbocycles. The molecule has 1 amide bonds. The second-order valence-electron chi connectivity index (χ2n) is 5.57. The molecule has 20 heavy (non-hydrogen) atoms. The van der Waals surface area contributed by atoms with Gasteiger partial charge >= 0.3 is 0 Å². The lowest BCUT2D eigenvalue weighted by atomic mass is 9.90. The van der Waals surface area contributed by atoms with E-state index in [1.807, 2.05) is 19.1 Å². The maximum atomic E-state index is 12.5. The summed E-state index contributed by atoms with van der Waals surface area (Å²) in [5.41, 5.74) is 2.32. The van der Waals surface area contributed by atoms with E-state index in [1.165, 1.54) is 0 Å². The van der Waals surface area contributed by atoms with Crippen molar-refractivity contribution in [2.24, 2.45) is 5.92 Å². The van der Waals surface area contributed by atoms with Crippen molar-refractivity contribution in [1.29, 1.82) is 0 Å². The number of amides is 1. The van der Waals surface area contributed by atoms with Crippen molar-refractivity contribution in [2.45, 2.75) is 32.3 Å². The predicted molar refractivity (Wildman–Crippen MR) is 74.9 cm³/mol. The summed E-state index contributed by atoms with van der Waals surface area (Å²) in [6, 6.07) is 5.53. The largest absolute Gasteiger partial charge is 0.378 e. The van der Waals surface area contributed by atoms with E-state index in [0.29, 0.717) is 24.3 Å². The van der Waals surface area contributed by atoms with Crippen LogP contribution in [0.2, 0.25) is 0 Å². The molecule has 1 aromatic rings. The number of rotatable bonds is 2. The molecule has 0 spiro atoms. The highest BCUT2D eigenvalue weighted by atomic mass is 16.5. The summed E-state index contributed by atoms with van der Waals surface area (Å²) in [6.45, 7) is 3.28. The Morgan fingerprint density at radius 3 is 3.00 bits per heavy atom. The molecule has 2 aliphatic rings. The maximum absolute atomic E-state index is 12.5. The Hall–Kier alpha value is -1.68. The summed E-state index contributed by atoms with van der Waals surface area (Å²) >= 11 is 0. The Morgan fingerprint density at radius 1 is 1.40 bits per heavy atom. The highest BCUT2D eigenvalue weighted by molar-refractivity contribution is 6.02. The van der Waals surface area contributed by atoms with Crippen LogP contribution in [0.5, 0.6) is 0 Å². The molecule has 0 radical (unpaired) electrons. The third-order valence-corrected chi connectivity index (χ3v) is 4.26. The van der Waals surface area contributed by atoms with E-state index in [1.54, 1.807) is 6.07 Å². The number of benzene rings is 1. The zero-order valence-corrected chi connectivity index (χ0v) is 11.6. The normalized spacial score (nSPS) is 25.8. The molecular weight excluding hydrogens is 254 g/mol. The first-order chi connectivity index (χ1) is 9.66. The number of ether oxygens (including phenoxy) is 1. The van der Waals surface area contributed by atoms with Gasteiger partial charge in [0.05, 0.1) is 12.0 Å². The molecule has 2 unspecified atom stereocenters. The van der Waals surface area contributed by atoms with Crippen LogP contribution < -0.4 is 5.32 Å². The smallest absolute Gasteiger partial charge is 0.251 e. The number of hydrogen-bond donors (Lipinski definition) is 1. The molecule has 2 aliphatic heterocycles. The Morgan fingerprint density at radius 2 is 2.25 bits per heavy atom. The summed E-state index contributed by atoms with van der Waals surface area (Å²) in [4.78, 5) is 24.5. The maximum Gasteiger partial charge on any atom is 0.251 e. The fraction of sp³-hybridized carbons (Fsp3) is 0.500. The molecule has 1 fully saturated rings. The fourth-order valence-electron chi connectivity index (χ4n) is 3.03. The van der Waals surface area contributed by atoms with E-state index in [-0.39, 0.29) is 23.7 Å². The van der Waals surface area contributed by atoms with Gasteiger partial charge in [-0.2, -0.15) is 0 Å². The number of hydrogen-bond acceptors (Lipinski definition) is 3. The Bertz CT molecular complexity index is 553. The average molecular weight is 273 g/mol. The number of fused-ring (bicyclic) bond motifs is 1. The van der Waals surface area contributed by atoms with Crippen LogP contribution in [0, 0.1) is 5.92 Å². The fourth-order valence-corrected chi connectivity index (χ4v) is 3.03. The monoisotopic (exact) mass is 273 g/mol. The van der Waals surface area contributed by atoms with Crippen molar-refractivity contribution in [2.75, 3.05) is 13.2 Å². The van der Waals surface area contributed by atoms with Gasteiger partial charge in [0, 0.05) is 24.3 Å². The molecule has 0 saturated carbocycles. The van der Waals surface area contributed by atoms with Crippen molar-refractivity contribution in [1.82, 2.24) is 5.32 Å². The standard InChI is InChI=1S/C16H19NO3/c1-10-13(6-8-20-10)15(18)12-5-4-11-3-2-7-17-16(19)14(11)9-12/h4-5,9-10,13H,2-3,6-8H2,1H3,(H,17,19). The second kappa shape index (κ2) is 5.37. The molecule has 1 N–H and O–H groups in total. The summed E-state index contributed by atoms with van der Waals surface area (Å²) in [5.74, 6) is -0.0559. The van der Waals surface area contributed by atoms with Gasteiger partial charge in [-0.15, -0.1) is 0 Å². The molecule has 3 rings (SSSR count). The van der Waals surface area contributed by atoms with Gasteiger partial charge in [0.2, 0.25) is 0 Å². The van der Waals surface area contributed by atoms with Crippen LogP contribution in [-0.4, -0.2) is 30.9 Å². The van der Waals surface area contributed by atoms with Gasteiger partial charge in [-0.25, -0.2) is 0 Å². The molecular formula is C16H19NO3. The van der Waals surface area contributed by atoms with Gasteiger partial charge in [-0.1, -0.05) is 12.1 Å². The zero-order chi connectivity index (χ0) is 14.1. The average Bonchev–Trinajstić information content (AvgIpc) is 2.79. The van der Waals surface area contributed by atoms with Crippen molar-refractivity contribution in [3.8, 4) is 0 Å². The van der Waals surface area contributed by atoms with E-state index in [0.717, 1.165) is 24.8 Å². The number of ketones is 1. The molecule has 2 heterocycles. The van der Waals surface area contributed by atoms with E-state index >= 15 is 0 Å². The molecule has 2 atom stereocenters. The number of aryl methyl sites for hydroxylation is 1. The minimum atomic E-state index is -0.0816. The topological polar surface area (TPSA) is 55.4 Å². The van der Waals surface area contributed by atoms with Gasteiger partial charge < -0.3 is 10.1 Å². The van der Waals surface area contributed by atoms with Gasteiger partial charge in [-0.05, 0) is 37.8 Å². The SMILES string of the molecule is CC1OCCC1C(=O)c1ccc2c(c1)C(=O)NCCC2. The molecule has 1 saturated heterocycles. The van der Waals surface area contributed by atoms with E-state index < -0.39 is 0 Å². The number of Topliss-reactive ketones (excluding diaryl/α,β-unsaturated/α-hetero) is 1. The molecule has 4 nitrogen and oxygen atoms in total. The number of carbonyl (C=O) groups excluding carboxylic acids is 2. The van der Waals surface area contributed by atoms with Crippen molar-refractivity contribution in [3.63, 3.8) is 0 Å². The Kier molecular flexibility index (Phi) is 3.57. The first-order valence-corrected chi connectivity index (χ1v) is 7.24. The van der Waals surface area contributed by atoms with Gasteiger partial charge in [-0.3, -0.25) is 9.59 Å². The highest BCUT2D eigenvalue weighted by Crippen LogP contribution is 2.26. The minimum absolute atomic E-state index is 0.0323. The minimum Gasteiger partial charge on any atom is -0.378 e. The van der Waals surface area contributed by atoms with Crippen LogP contribution in [0.25, 0.3) is 0 Å². The number of nitrogens with one attached hydrogen (secondary N) is 1. The first kappa shape index (κ1) is 13.3. The highest BCUT2D eigenvalue weighted by Gasteiger charge is 2.31. The van der Waals surface area contributed by atoms with Crippen LogP contribution in [0.4, 0.5) is 0 Å². The summed E-state index contributed by atoms with van der Waals surface area (Å²) in [6.07, 6.45) is 2.56. The van der Waals surface area contributed by atoms with Crippen molar-refractivity contribution >= 4 is 11.7 Å². The summed E-state index contributed by atoms with van der Waals surface area (Å²) in [5, 5.41) is 2.87. The molecule has 0 bridgehead atoms. The lowest BCUT2D eigenvalue weighted by Gasteiger charge is -2.14. The van der Waals surface area contributed by atoms with E-state index in [9.17, 15) is 9.59 Å². The van der Waals surface area contributed by atoms with Crippen LogP contribution in [0.1, 0.15) is 46.0 Å². The second-order valence-corrected chi connectivity index (χ2v) is 5.57. The van der Waals surface area contributed by atoms with Crippen molar-refractivity contribution < 1.29 is 14.3 Å². The van der Waals surface area contributed by atoms with E-state index in [4.69, 9.17) is 4.74 Å². The first-order valence-electron chi connectivity index (χ1n) is 7.24. The molecule has 106 valence electrons. The van der Waals surface area contributed by atoms with Gasteiger partial charge in [0.15, 0.2) is 5.78 Å².